The maximum atomic E-state index is 5.37. The molecule has 14 heavy (non-hydrogen) atoms. The average Bonchev–Trinajstić information content (AvgIpc) is 2.01. The molecule has 2 nitrogen and oxygen atoms in total. The van der Waals surface area contributed by atoms with Crippen LogP contribution in [-0.4, -0.2) is 13.2 Å². The van der Waals surface area contributed by atoms with Crippen LogP contribution in [0.4, 0.5) is 5.69 Å². The first-order valence-corrected chi connectivity index (χ1v) is 4.96. The molecule has 0 aliphatic rings. The summed E-state index contributed by atoms with van der Waals surface area (Å²) >= 11 is 0. The Bertz CT molecular complexity index is 318. The number of hydrogen-bond donors (Lipinski definition) is 1. The van der Waals surface area contributed by atoms with Gasteiger partial charge in [0.05, 0.1) is 12.8 Å². The third-order valence-electron chi connectivity index (χ3n) is 2.07. The average molecular weight is 193 g/mol. The SMILES string of the molecule is COc1c(C)cc(C)cc1NC(C)C. The van der Waals surface area contributed by atoms with Gasteiger partial charge in [-0.05, 0) is 44.9 Å². The number of nitrogens with one attached hydrogen (secondary N) is 1. The topological polar surface area (TPSA) is 21.3 Å². The van der Waals surface area contributed by atoms with Crippen molar-refractivity contribution in [2.45, 2.75) is 33.7 Å². The number of benzene rings is 1. The van der Waals surface area contributed by atoms with Gasteiger partial charge < -0.3 is 10.1 Å². The third kappa shape index (κ3) is 2.41. The Morgan fingerprint density at radius 2 is 1.86 bits per heavy atom. The van der Waals surface area contributed by atoms with E-state index in [4.69, 9.17) is 4.74 Å². The number of hydrogen-bond acceptors (Lipinski definition) is 2. The van der Waals surface area contributed by atoms with Gasteiger partial charge >= 0.3 is 0 Å². The Balaban J connectivity index is 3.11. The highest BCUT2D eigenvalue weighted by atomic mass is 16.5. The number of rotatable bonds is 3. The van der Waals surface area contributed by atoms with Crippen LogP contribution in [0.1, 0.15) is 25.0 Å². The Kier molecular flexibility index (Phi) is 3.39. The zero-order chi connectivity index (χ0) is 10.7. The summed E-state index contributed by atoms with van der Waals surface area (Å²) < 4.78 is 5.37. The monoisotopic (exact) mass is 193 g/mol. The molecule has 0 fully saturated rings. The van der Waals surface area contributed by atoms with Crippen molar-refractivity contribution >= 4 is 5.69 Å². The van der Waals surface area contributed by atoms with Crippen LogP contribution < -0.4 is 10.1 Å². The molecule has 0 radical (unpaired) electrons. The minimum Gasteiger partial charge on any atom is -0.494 e. The van der Waals surface area contributed by atoms with Gasteiger partial charge in [-0.2, -0.15) is 0 Å². The number of methoxy groups -OCH3 is 1. The van der Waals surface area contributed by atoms with Gasteiger partial charge in [-0.15, -0.1) is 0 Å². The zero-order valence-corrected chi connectivity index (χ0v) is 9.64. The van der Waals surface area contributed by atoms with Gasteiger partial charge in [0.2, 0.25) is 0 Å². The van der Waals surface area contributed by atoms with Gasteiger partial charge in [0, 0.05) is 6.04 Å². The van der Waals surface area contributed by atoms with Crippen LogP contribution in [0, 0.1) is 13.8 Å². The van der Waals surface area contributed by atoms with E-state index in [0.29, 0.717) is 6.04 Å². The summed E-state index contributed by atoms with van der Waals surface area (Å²) in [6.07, 6.45) is 0. The Morgan fingerprint density at radius 1 is 1.21 bits per heavy atom. The molecule has 0 atom stereocenters. The van der Waals surface area contributed by atoms with Gasteiger partial charge in [-0.3, -0.25) is 0 Å². The molecule has 1 rings (SSSR count). The van der Waals surface area contributed by atoms with Crippen molar-refractivity contribution in [3.63, 3.8) is 0 Å². The molecule has 0 bridgehead atoms. The summed E-state index contributed by atoms with van der Waals surface area (Å²) in [5.74, 6) is 0.948. The maximum Gasteiger partial charge on any atom is 0.144 e. The maximum absolute atomic E-state index is 5.37. The van der Waals surface area contributed by atoms with Crippen LogP contribution in [0.15, 0.2) is 12.1 Å². The molecule has 0 aromatic heterocycles. The lowest BCUT2D eigenvalue weighted by atomic mass is 10.1. The van der Waals surface area contributed by atoms with Crippen LogP contribution in [0.5, 0.6) is 5.75 Å². The predicted octanol–water partition coefficient (Wildman–Crippen LogP) is 3.13. The second kappa shape index (κ2) is 4.36. The highest BCUT2D eigenvalue weighted by Crippen LogP contribution is 2.30. The van der Waals surface area contributed by atoms with Crippen LogP contribution in [-0.2, 0) is 0 Å². The fraction of sp³-hybridized carbons (Fsp3) is 0.500. The van der Waals surface area contributed by atoms with E-state index in [1.165, 1.54) is 11.1 Å². The van der Waals surface area contributed by atoms with E-state index in [1.54, 1.807) is 7.11 Å². The van der Waals surface area contributed by atoms with E-state index in [9.17, 15) is 0 Å². The lowest BCUT2D eigenvalue weighted by Gasteiger charge is -2.16. The van der Waals surface area contributed by atoms with Gasteiger partial charge in [-0.25, -0.2) is 0 Å². The highest BCUT2D eigenvalue weighted by molar-refractivity contribution is 5.62. The summed E-state index contributed by atoms with van der Waals surface area (Å²) in [6, 6.07) is 4.67. The van der Waals surface area contributed by atoms with Crippen LogP contribution in [0.2, 0.25) is 0 Å². The molecule has 78 valence electrons. The predicted molar refractivity (Wildman–Crippen MR) is 61.2 cm³/mol. The van der Waals surface area contributed by atoms with E-state index in [-0.39, 0.29) is 0 Å². The Hall–Kier alpha value is -1.18. The van der Waals surface area contributed by atoms with Crippen molar-refractivity contribution in [3.8, 4) is 5.75 Å². The van der Waals surface area contributed by atoms with Gasteiger partial charge in [-0.1, -0.05) is 6.07 Å². The molecule has 0 saturated carbocycles. The van der Waals surface area contributed by atoms with E-state index in [2.05, 4.69) is 45.1 Å². The summed E-state index contributed by atoms with van der Waals surface area (Å²) in [5, 5.41) is 3.38. The van der Waals surface area contributed by atoms with E-state index in [0.717, 1.165) is 11.4 Å². The first-order chi connectivity index (χ1) is 6.54. The van der Waals surface area contributed by atoms with Crippen molar-refractivity contribution in [2.24, 2.45) is 0 Å². The molecule has 1 aromatic carbocycles. The largest absolute Gasteiger partial charge is 0.494 e. The van der Waals surface area contributed by atoms with Crippen molar-refractivity contribution in [1.82, 2.24) is 0 Å². The normalized spacial score (nSPS) is 10.4. The van der Waals surface area contributed by atoms with E-state index in [1.807, 2.05) is 0 Å². The second-order valence-corrected chi connectivity index (χ2v) is 3.96. The third-order valence-corrected chi connectivity index (χ3v) is 2.07. The second-order valence-electron chi connectivity index (χ2n) is 3.96. The van der Waals surface area contributed by atoms with Crippen LogP contribution in [0.25, 0.3) is 0 Å². The Labute approximate surface area is 86.3 Å². The molecule has 2 heteroatoms. The van der Waals surface area contributed by atoms with Crippen molar-refractivity contribution in [2.75, 3.05) is 12.4 Å². The van der Waals surface area contributed by atoms with Crippen molar-refractivity contribution in [3.05, 3.63) is 23.3 Å². The number of aryl methyl sites for hydroxylation is 2. The first-order valence-electron chi connectivity index (χ1n) is 4.96. The highest BCUT2D eigenvalue weighted by Gasteiger charge is 2.07. The lowest BCUT2D eigenvalue weighted by molar-refractivity contribution is 0.413. The standard InChI is InChI=1S/C12H19NO/c1-8(2)13-11-7-9(3)6-10(4)12(11)14-5/h6-8,13H,1-5H3. The Morgan fingerprint density at radius 3 is 2.36 bits per heavy atom. The van der Waals surface area contributed by atoms with Gasteiger partial charge in [0.25, 0.3) is 0 Å². The fourth-order valence-corrected chi connectivity index (χ4v) is 1.64. The molecule has 0 heterocycles. The summed E-state index contributed by atoms with van der Waals surface area (Å²) in [4.78, 5) is 0. The molecule has 0 aliphatic heterocycles. The van der Waals surface area contributed by atoms with E-state index >= 15 is 0 Å². The molecule has 0 spiro atoms. The number of ether oxygens (including phenoxy) is 1. The molecular formula is C12H19NO. The molecule has 0 aliphatic carbocycles. The molecular weight excluding hydrogens is 174 g/mol. The molecule has 0 saturated heterocycles. The first kappa shape index (κ1) is 10.9. The summed E-state index contributed by atoms with van der Waals surface area (Å²) in [7, 11) is 1.71. The van der Waals surface area contributed by atoms with Crippen LogP contribution >= 0.6 is 0 Å². The van der Waals surface area contributed by atoms with Crippen molar-refractivity contribution < 1.29 is 4.74 Å². The van der Waals surface area contributed by atoms with Gasteiger partial charge in [0.15, 0.2) is 0 Å². The smallest absolute Gasteiger partial charge is 0.144 e. The van der Waals surface area contributed by atoms with Gasteiger partial charge in [0.1, 0.15) is 5.75 Å². The zero-order valence-electron chi connectivity index (χ0n) is 9.64. The molecule has 1 N–H and O–H groups in total. The minimum absolute atomic E-state index is 0.421. The minimum atomic E-state index is 0.421. The lowest BCUT2D eigenvalue weighted by Crippen LogP contribution is -2.11. The molecule has 1 aromatic rings. The molecule has 0 amide bonds. The summed E-state index contributed by atoms with van der Waals surface area (Å²) in [5.41, 5.74) is 3.52. The summed E-state index contributed by atoms with van der Waals surface area (Å²) in [6.45, 7) is 8.41. The fourth-order valence-electron chi connectivity index (χ4n) is 1.64. The molecule has 0 unspecified atom stereocenters. The quantitative estimate of drug-likeness (QED) is 0.796. The van der Waals surface area contributed by atoms with E-state index < -0.39 is 0 Å². The van der Waals surface area contributed by atoms with Crippen molar-refractivity contribution in [1.29, 1.82) is 0 Å². The van der Waals surface area contributed by atoms with Crippen LogP contribution in [0.3, 0.4) is 0 Å². The number of anilines is 1.